The first kappa shape index (κ1) is 11.6. The highest BCUT2D eigenvalue weighted by Gasteiger charge is 2.11. The number of aromatic nitrogens is 1. The van der Waals surface area contributed by atoms with E-state index < -0.39 is 0 Å². The third-order valence-corrected chi connectivity index (χ3v) is 4.74. The number of aryl methyl sites for hydroxylation is 1. The summed E-state index contributed by atoms with van der Waals surface area (Å²) in [5.74, 6) is 0. The fraction of sp³-hybridized carbons (Fsp3) is 0.0556. The van der Waals surface area contributed by atoms with Crippen molar-refractivity contribution >= 4 is 32.3 Å². The molecule has 96 valence electrons. The van der Waals surface area contributed by atoms with Crippen LogP contribution in [-0.4, -0.2) is 4.98 Å². The van der Waals surface area contributed by atoms with E-state index in [1.807, 2.05) is 6.07 Å². The molecule has 0 fully saturated rings. The molecule has 0 amide bonds. The Morgan fingerprint density at radius 1 is 0.900 bits per heavy atom. The summed E-state index contributed by atoms with van der Waals surface area (Å²) in [6, 6.07) is 21.2. The third kappa shape index (κ3) is 1.73. The quantitative estimate of drug-likeness (QED) is 0.451. The fourth-order valence-corrected chi connectivity index (χ4v) is 3.79. The zero-order valence-corrected chi connectivity index (χ0v) is 11.9. The van der Waals surface area contributed by atoms with Crippen molar-refractivity contribution in [1.29, 1.82) is 0 Å². The van der Waals surface area contributed by atoms with Gasteiger partial charge >= 0.3 is 0 Å². The first-order chi connectivity index (χ1) is 9.83. The summed E-state index contributed by atoms with van der Waals surface area (Å²) < 4.78 is 1.29. The minimum atomic E-state index is 1.10. The lowest BCUT2D eigenvalue weighted by atomic mass is 10.1. The van der Waals surface area contributed by atoms with Gasteiger partial charge in [0.2, 0.25) is 0 Å². The van der Waals surface area contributed by atoms with Crippen molar-refractivity contribution in [2.75, 3.05) is 0 Å². The highest BCUT2D eigenvalue weighted by Crippen LogP contribution is 2.36. The van der Waals surface area contributed by atoms with E-state index in [2.05, 4.69) is 61.5 Å². The second kappa shape index (κ2) is 4.43. The van der Waals surface area contributed by atoms with Crippen LogP contribution < -0.4 is 0 Å². The Morgan fingerprint density at radius 3 is 2.50 bits per heavy atom. The molecular formula is C18H13NS. The molecule has 0 aliphatic carbocycles. The summed E-state index contributed by atoms with van der Waals surface area (Å²) in [5.41, 5.74) is 3.57. The van der Waals surface area contributed by atoms with Crippen molar-refractivity contribution in [2.24, 2.45) is 0 Å². The number of hydrogen-bond acceptors (Lipinski definition) is 2. The lowest BCUT2D eigenvalue weighted by Crippen LogP contribution is -1.80. The van der Waals surface area contributed by atoms with Crippen LogP contribution in [0.5, 0.6) is 0 Å². The lowest BCUT2D eigenvalue weighted by molar-refractivity contribution is 1.43. The van der Waals surface area contributed by atoms with Crippen molar-refractivity contribution in [1.82, 2.24) is 4.98 Å². The molecule has 0 spiro atoms. The van der Waals surface area contributed by atoms with Gasteiger partial charge in [0.1, 0.15) is 5.01 Å². The minimum absolute atomic E-state index is 1.10. The van der Waals surface area contributed by atoms with Gasteiger partial charge in [-0.05, 0) is 23.9 Å². The maximum Gasteiger partial charge on any atom is 0.124 e. The Morgan fingerprint density at radius 2 is 1.65 bits per heavy atom. The molecule has 1 aromatic heterocycles. The molecule has 0 saturated carbocycles. The van der Waals surface area contributed by atoms with Crippen LogP contribution in [0, 0.1) is 6.92 Å². The number of thiazole rings is 1. The molecule has 1 heterocycles. The second-order valence-corrected chi connectivity index (χ2v) is 5.98. The third-order valence-electron chi connectivity index (χ3n) is 3.60. The average Bonchev–Trinajstić information content (AvgIpc) is 2.94. The van der Waals surface area contributed by atoms with Gasteiger partial charge < -0.3 is 0 Å². The molecule has 0 atom stereocenters. The van der Waals surface area contributed by atoms with Gasteiger partial charge in [0.05, 0.1) is 10.2 Å². The van der Waals surface area contributed by atoms with Crippen LogP contribution >= 0.6 is 11.3 Å². The Bertz CT molecular complexity index is 907. The highest BCUT2D eigenvalue weighted by molar-refractivity contribution is 7.22. The molecule has 0 saturated heterocycles. The van der Waals surface area contributed by atoms with Crippen molar-refractivity contribution in [3.8, 4) is 10.6 Å². The first-order valence-electron chi connectivity index (χ1n) is 6.67. The van der Waals surface area contributed by atoms with Crippen LogP contribution in [-0.2, 0) is 0 Å². The van der Waals surface area contributed by atoms with E-state index in [4.69, 9.17) is 4.98 Å². The fourth-order valence-electron chi connectivity index (χ4n) is 2.61. The van der Waals surface area contributed by atoms with E-state index >= 15 is 0 Å². The SMILES string of the molecule is Cc1cc2ccccc2c2sc(-c3ccccc3)nc12. The van der Waals surface area contributed by atoms with Gasteiger partial charge in [0, 0.05) is 10.9 Å². The van der Waals surface area contributed by atoms with Crippen LogP contribution in [0.25, 0.3) is 31.6 Å². The minimum Gasteiger partial charge on any atom is -0.236 e. The predicted octanol–water partition coefficient (Wildman–Crippen LogP) is 5.42. The maximum atomic E-state index is 4.85. The molecule has 3 aromatic carbocycles. The van der Waals surface area contributed by atoms with E-state index in [-0.39, 0.29) is 0 Å². The van der Waals surface area contributed by atoms with Crippen molar-refractivity contribution < 1.29 is 0 Å². The summed E-state index contributed by atoms with van der Waals surface area (Å²) in [6.45, 7) is 2.14. The topological polar surface area (TPSA) is 12.9 Å². The summed E-state index contributed by atoms with van der Waals surface area (Å²) in [5, 5.41) is 3.69. The van der Waals surface area contributed by atoms with E-state index in [1.54, 1.807) is 11.3 Å². The van der Waals surface area contributed by atoms with Crippen molar-refractivity contribution in [2.45, 2.75) is 6.92 Å². The zero-order valence-electron chi connectivity index (χ0n) is 11.1. The molecule has 1 nitrogen and oxygen atoms in total. The largest absolute Gasteiger partial charge is 0.236 e. The van der Waals surface area contributed by atoms with E-state index in [1.165, 1.54) is 26.6 Å². The molecule has 0 aliphatic rings. The number of rotatable bonds is 1. The van der Waals surface area contributed by atoms with Crippen LogP contribution in [0.2, 0.25) is 0 Å². The standard InChI is InChI=1S/C18H13NS/c1-12-11-14-9-5-6-10-15(14)17-16(12)19-18(20-17)13-7-3-2-4-8-13/h2-11H,1H3. The number of nitrogens with zero attached hydrogens (tertiary/aromatic N) is 1. The molecule has 0 N–H and O–H groups in total. The summed E-state index contributed by atoms with van der Waals surface area (Å²) in [6.07, 6.45) is 0. The molecule has 4 aromatic rings. The Kier molecular flexibility index (Phi) is 2.57. The van der Waals surface area contributed by atoms with Crippen LogP contribution in [0.1, 0.15) is 5.56 Å². The Labute approximate surface area is 121 Å². The smallest absolute Gasteiger partial charge is 0.124 e. The van der Waals surface area contributed by atoms with Gasteiger partial charge in [0.15, 0.2) is 0 Å². The highest BCUT2D eigenvalue weighted by atomic mass is 32.1. The second-order valence-electron chi connectivity index (χ2n) is 4.98. The van der Waals surface area contributed by atoms with Crippen LogP contribution in [0.3, 0.4) is 0 Å². The molecule has 0 aliphatic heterocycles. The summed E-state index contributed by atoms with van der Waals surface area (Å²) >= 11 is 1.78. The van der Waals surface area contributed by atoms with Gasteiger partial charge in [-0.25, -0.2) is 4.98 Å². The van der Waals surface area contributed by atoms with Gasteiger partial charge in [-0.1, -0.05) is 54.6 Å². The van der Waals surface area contributed by atoms with E-state index in [0.29, 0.717) is 0 Å². The Hall–Kier alpha value is -2.19. The Balaban J connectivity index is 2.08. The first-order valence-corrected chi connectivity index (χ1v) is 7.49. The van der Waals surface area contributed by atoms with Crippen LogP contribution in [0.4, 0.5) is 0 Å². The lowest BCUT2D eigenvalue weighted by Gasteiger charge is -2.00. The summed E-state index contributed by atoms with van der Waals surface area (Å²) in [7, 11) is 0. The molecule has 0 radical (unpaired) electrons. The predicted molar refractivity (Wildman–Crippen MR) is 87.3 cm³/mol. The average molecular weight is 275 g/mol. The van der Waals surface area contributed by atoms with Crippen molar-refractivity contribution in [3.05, 3.63) is 66.2 Å². The molecule has 0 unspecified atom stereocenters. The van der Waals surface area contributed by atoms with Gasteiger partial charge in [-0.15, -0.1) is 11.3 Å². The molecule has 2 heteroatoms. The molecule has 4 rings (SSSR count). The maximum absolute atomic E-state index is 4.85. The van der Waals surface area contributed by atoms with Crippen LogP contribution in [0.15, 0.2) is 60.7 Å². The molecule has 20 heavy (non-hydrogen) atoms. The van der Waals surface area contributed by atoms with Gasteiger partial charge in [0.25, 0.3) is 0 Å². The monoisotopic (exact) mass is 275 g/mol. The molecule has 0 bridgehead atoms. The summed E-state index contributed by atoms with van der Waals surface area (Å²) in [4.78, 5) is 4.85. The number of hydrogen-bond donors (Lipinski definition) is 0. The van der Waals surface area contributed by atoms with Gasteiger partial charge in [-0.3, -0.25) is 0 Å². The number of benzene rings is 3. The van der Waals surface area contributed by atoms with E-state index in [0.717, 1.165) is 10.5 Å². The van der Waals surface area contributed by atoms with E-state index in [9.17, 15) is 0 Å². The normalized spacial score (nSPS) is 11.2. The molecular weight excluding hydrogens is 262 g/mol. The van der Waals surface area contributed by atoms with Crippen molar-refractivity contribution in [3.63, 3.8) is 0 Å². The zero-order chi connectivity index (χ0) is 13.5. The number of fused-ring (bicyclic) bond motifs is 3. The van der Waals surface area contributed by atoms with Gasteiger partial charge in [-0.2, -0.15) is 0 Å².